The molecule has 1 N–H and O–H groups in total. The van der Waals surface area contributed by atoms with E-state index in [2.05, 4.69) is 40.4 Å². The van der Waals surface area contributed by atoms with Crippen molar-refractivity contribution < 1.29 is 0 Å². The van der Waals surface area contributed by atoms with Gasteiger partial charge in [0.05, 0.1) is 0 Å². The van der Waals surface area contributed by atoms with Crippen LogP contribution in [0.5, 0.6) is 0 Å². The van der Waals surface area contributed by atoms with Crippen molar-refractivity contribution in [1.82, 2.24) is 9.97 Å². The molecule has 0 radical (unpaired) electrons. The van der Waals surface area contributed by atoms with E-state index in [-0.39, 0.29) is 0 Å². The molecule has 0 spiro atoms. The van der Waals surface area contributed by atoms with Gasteiger partial charge in [-0.25, -0.2) is 9.97 Å². The molecular weight excluding hydrogens is 246 g/mol. The second kappa shape index (κ2) is 5.83. The first kappa shape index (κ1) is 12.8. The third-order valence-corrected chi connectivity index (χ3v) is 2.96. The Morgan fingerprint density at radius 3 is 2.56 bits per heavy atom. The van der Waals surface area contributed by atoms with Gasteiger partial charge < -0.3 is 5.32 Å². The maximum absolute atomic E-state index is 5.90. The van der Waals surface area contributed by atoms with Crippen LogP contribution in [-0.2, 0) is 13.0 Å². The van der Waals surface area contributed by atoms with E-state index in [1.54, 1.807) is 6.07 Å². The molecule has 94 valence electrons. The van der Waals surface area contributed by atoms with Gasteiger partial charge in [0.25, 0.3) is 0 Å². The van der Waals surface area contributed by atoms with Gasteiger partial charge in [-0.15, -0.1) is 0 Å². The Morgan fingerprint density at radius 1 is 1.17 bits per heavy atom. The molecule has 4 heteroatoms. The summed E-state index contributed by atoms with van der Waals surface area (Å²) in [5.41, 5.74) is 2.63. The highest BCUT2D eigenvalue weighted by Crippen LogP contribution is 2.14. The van der Waals surface area contributed by atoms with Crippen LogP contribution in [0.4, 0.5) is 5.82 Å². The summed E-state index contributed by atoms with van der Waals surface area (Å²) >= 11 is 5.90. The van der Waals surface area contributed by atoms with Gasteiger partial charge in [-0.05, 0) is 24.5 Å². The summed E-state index contributed by atoms with van der Waals surface area (Å²) in [5.74, 6) is 1.44. The molecule has 0 unspecified atom stereocenters. The van der Waals surface area contributed by atoms with Crippen molar-refractivity contribution in [2.75, 3.05) is 5.32 Å². The fourth-order valence-corrected chi connectivity index (χ4v) is 2.11. The van der Waals surface area contributed by atoms with Crippen LogP contribution in [-0.4, -0.2) is 9.97 Å². The summed E-state index contributed by atoms with van der Waals surface area (Å²) in [6, 6.07) is 10.1. The first-order valence-electron chi connectivity index (χ1n) is 6.01. The largest absolute Gasteiger partial charge is 0.366 e. The Hall–Kier alpha value is -1.61. The molecule has 1 aromatic heterocycles. The van der Waals surface area contributed by atoms with Crippen LogP contribution in [0.1, 0.15) is 23.9 Å². The number of anilines is 1. The first-order chi connectivity index (χ1) is 8.69. The van der Waals surface area contributed by atoms with Crippen LogP contribution in [0.3, 0.4) is 0 Å². The summed E-state index contributed by atoms with van der Waals surface area (Å²) in [6.07, 6.45) is 1.03. The minimum Gasteiger partial charge on any atom is -0.366 e. The third kappa shape index (κ3) is 3.20. The predicted molar refractivity (Wildman–Crippen MR) is 74.9 cm³/mol. The minimum atomic E-state index is 0.466. The Bertz CT molecular complexity index is 520. The molecule has 1 aromatic carbocycles. The quantitative estimate of drug-likeness (QED) is 0.855. The highest BCUT2D eigenvalue weighted by molar-refractivity contribution is 6.29. The number of benzene rings is 1. The molecule has 0 aliphatic rings. The van der Waals surface area contributed by atoms with Crippen molar-refractivity contribution in [2.24, 2.45) is 0 Å². The Balaban J connectivity index is 2.11. The normalized spacial score (nSPS) is 10.4. The first-order valence-corrected chi connectivity index (χ1v) is 6.38. The lowest BCUT2D eigenvalue weighted by Crippen LogP contribution is -2.05. The zero-order valence-corrected chi connectivity index (χ0v) is 11.3. The summed E-state index contributed by atoms with van der Waals surface area (Å²) < 4.78 is 0. The standard InChI is InChI=1S/C14H16ClN3/c1-3-11-6-4-5-7-12(11)9-16-14-8-13(15)17-10(2)18-14/h4-8H,3,9H2,1-2H3,(H,16,17,18). The molecule has 3 nitrogen and oxygen atoms in total. The SMILES string of the molecule is CCc1ccccc1CNc1cc(Cl)nc(C)n1. The monoisotopic (exact) mass is 261 g/mol. The Kier molecular flexibility index (Phi) is 4.15. The number of hydrogen-bond acceptors (Lipinski definition) is 3. The number of rotatable bonds is 4. The van der Waals surface area contributed by atoms with Gasteiger partial charge in [-0.3, -0.25) is 0 Å². The van der Waals surface area contributed by atoms with Crippen molar-refractivity contribution in [2.45, 2.75) is 26.8 Å². The van der Waals surface area contributed by atoms with Crippen LogP contribution < -0.4 is 5.32 Å². The number of hydrogen-bond donors (Lipinski definition) is 1. The lowest BCUT2D eigenvalue weighted by atomic mass is 10.1. The predicted octanol–water partition coefficient (Wildman–Crippen LogP) is 3.61. The van der Waals surface area contributed by atoms with E-state index in [9.17, 15) is 0 Å². The fraction of sp³-hybridized carbons (Fsp3) is 0.286. The minimum absolute atomic E-state index is 0.466. The maximum Gasteiger partial charge on any atom is 0.134 e. The number of nitrogens with one attached hydrogen (secondary N) is 1. The number of aryl methyl sites for hydroxylation is 2. The molecule has 0 aliphatic heterocycles. The van der Waals surface area contributed by atoms with Crippen molar-refractivity contribution >= 4 is 17.4 Å². The van der Waals surface area contributed by atoms with Crippen LogP contribution >= 0.6 is 11.6 Å². The smallest absolute Gasteiger partial charge is 0.134 e. The molecule has 0 aliphatic carbocycles. The molecule has 0 saturated heterocycles. The number of nitrogens with zero attached hydrogens (tertiary/aromatic N) is 2. The topological polar surface area (TPSA) is 37.8 Å². The van der Waals surface area contributed by atoms with Crippen molar-refractivity contribution in [1.29, 1.82) is 0 Å². The number of halogens is 1. The molecule has 2 rings (SSSR count). The van der Waals surface area contributed by atoms with E-state index in [1.165, 1.54) is 11.1 Å². The summed E-state index contributed by atoms with van der Waals surface area (Å²) in [5, 5.41) is 3.75. The lowest BCUT2D eigenvalue weighted by Gasteiger charge is -2.10. The van der Waals surface area contributed by atoms with Gasteiger partial charge in [0, 0.05) is 12.6 Å². The Morgan fingerprint density at radius 2 is 1.89 bits per heavy atom. The van der Waals surface area contributed by atoms with Gasteiger partial charge in [0.15, 0.2) is 0 Å². The highest BCUT2D eigenvalue weighted by Gasteiger charge is 2.02. The summed E-state index contributed by atoms with van der Waals surface area (Å²) in [4.78, 5) is 8.34. The van der Waals surface area contributed by atoms with E-state index < -0.39 is 0 Å². The molecule has 0 amide bonds. The van der Waals surface area contributed by atoms with E-state index in [0.717, 1.165) is 18.8 Å². The second-order valence-electron chi connectivity index (χ2n) is 4.10. The van der Waals surface area contributed by atoms with Crippen LogP contribution in [0.25, 0.3) is 0 Å². The van der Waals surface area contributed by atoms with Gasteiger partial charge in [-0.2, -0.15) is 0 Å². The molecule has 0 atom stereocenters. The van der Waals surface area contributed by atoms with E-state index in [4.69, 9.17) is 11.6 Å². The average Bonchev–Trinajstić information content (AvgIpc) is 2.35. The molecule has 0 saturated carbocycles. The van der Waals surface area contributed by atoms with Gasteiger partial charge >= 0.3 is 0 Å². The summed E-state index contributed by atoms with van der Waals surface area (Å²) in [7, 11) is 0. The molecule has 0 bridgehead atoms. The van der Waals surface area contributed by atoms with Crippen LogP contribution in [0.2, 0.25) is 5.15 Å². The average molecular weight is 262 g/mol. The van der Waals surface area contributed by atoms with E-state index >= 15 is 0 Å². The van der Waals surface area contributed by atoms with Gasteiger partial charge in [0.2, 0.25) is 0 Å². The lowest BCUT2D eigenvalue weighted by molar-refractivity contribution is 1.00. The molecule has 1 heterocycles. The van der Waals surface area contributed by atoms with Crippen molar-refractivity contribution in [3.05, 3.63) is 52.4 Å². The molecule has 0 fully saturated rings. The highest BCUT2D eigenvalue weighted by atomic mass is 35.5. The summed E-state index contributed by atoms with van der Waals surface area (Å²) in [6.45, 7) is 4.73. The molecular formula is C14H16ClN3. The van der Waals surface area contributed by atoms with E-state index in [0.29, 0.717) is 11.0 Å². The maximum atomic E-state index is 5.90. The van der Waals surface area contributed by atoms with Gasteiger partial charge in [0.1, 0.15) is 16.8 Å². The molecule has 2 aromatic rings. The van der Waals surface area contributed by atoms with Crippen LogP contribution in [0, 0.1) is 6.92 Å². The zero-order valence-electron chi connectivity index (χ0n) is 10.6. The second-order valence-corrected chi connectivity index (χ2v) is 4.49. The number of aromatic nitrogens is 2. The van der Waals surface area contributed by atoms with Crippen molar-refractivity contribution in [3.63, 3.8) is 0 Å². The van der Waals surface area contributed by atoms with Crippen LogP contribution in [0.15, 0.2) is 30.3 Å². The molecule has 18 heavy (non-hydrogen) atoms. The Labute approximate surface area is 112 Å². The fourth-order valence-electron chi connectivity index (χ4n) is 1.88. The van der Waals surface area contributed by atoms with Gasteiger partial charge in [-0.1, -0.05) is 42.8 Å². The zero-order chi connectivity index (χ0) is 13.0. The van der Waals surface area contributed by atoms with E-state index in [1.807, 2.05) is 13.0 Å². The van der Waals surface area contributed by atoms with Crippen molar-refractivity contribution in [3.8, 4) is 0 Å². The third-order valence-electron chi connectivity index (χ3n) is 2.77.